The van der Waals surface area contributed by atoms with Crippen molar-refractivity contribution in [3.63, 3.8) is 0 Å². The lowest BCUT2D eigenvalue weighted by molar-refractivity contribution is 0.129. The van der Waals surface area contributed by atoms with Crippen molar-refractivity contribution in [3.8, 4) is 0 Å². The molecular formula is C7H12O2. The van der Waals surface area contributed by atoms with E-state index in [4.69, 9.17) is 10.2 Å². The van der Waals surface area contributed by atoms with Crippen LogP contribution in [0.15, 0.2) is 12.7 Å². The Morgan fingerprint density at radius 1 is 1.33 bits per heavy atom. The van der Waals surface area contributed by atoms with Gasteiger partial charge in [0.05, 0.1) is 12.2 Å². The molecule has 0 aliphatic heterocycles. The van der Waals surface area contributed by atoms with Gasteiger partial charge < -0.3 is 10.2 Å². The Bertz CT molecular complexity index is 111. The lowest BCUT2D eigenvalue weighted by atomic mass is 10.1. The van der Waals surface area contributed by atoms with Gasteiger partial charge in [0.2, 0.25) is 0 Å². The Kier molecular flexibility index (Phi) is 1.88. The van der Waals surface area contributed by atoms with Gasteiger partial charge in [-0.05, 0) is 12.8 Å². The first-order valence-electron chi connectivity index (χ1n) is 3.22. The van der Waals surface area contributed by atoms with E-state index in [1.54, 1.807) is 6.08 Å². The zero-order valence-corrected chi connectivity index (χ0v) is 5.33. The molecule has 2 nitrogen and oxygen atoms in total. The van der Waals surface area contributed by atoms with Gasteiger partial charge in [0, 0.05) is 5.92 Å². The van der Waals surface area contributed by atoms with Gasteiger partial charge in [0.15, 0.2) is 0 Å². The number of rotatable bonds is 1. The third kappa shape index (κ3) is 1.32. The first kappa shape index (κ1) is 6.78. The molecule has 1 fully saturated rings. The average molecular weight is 128 g/mol. The second-order valence-electron chi connectivity index (χ2n) is 2.59. The van der Waals surface area contributed by atoms with Crippen molar-refractivity contribution in [2.45, 2.75) is 25.0 Å². The molecule has 1 aliphatic rings. The molecule has 2 N–H and O–H groups in total. The van der Waals surface area contributed by atoms with Crippen molar-refractivity contribution in [1.29, 1.82) is 0 Å². The second-order valence-corrected chi connectivity index (χ2v) is 2.59. The Labute approximate surface area is 54.8 Å². The van der Waals surface area contributed by atoms with Crippen molar-refractivity contribution in [2.24, 2.45) is 5.92 Å². The van der Waals surface area contributed by atoms with Gasteiger partial charge in [0.1, 0.15) is 0 Å². The lowest BCUT2D eigenvalue weighted by Crippen LogP contribution is -2.09. The van der Waals surface area contributed by atoms with Gasteiger partial charge in [-0.3, -0.25) is 0 Å². The van der Waals surface area contributed by atoms with Crippen LogP contribution in [0.2, 0.25) is 0 Å². The lowest BCUT2D eigenvalue weighted by Gasteiger charge is -2.05. The highest BCUT2D eigenvalue weighted by Crippen LogP contribution is 2.26. The maximum Gasteiger partial charge on any atom is 0.0628 e. The summed E-state index contributed by atoms with van der Waals surface area (Å²) in [6.45, 7) is 3.56. The Morgan fingerprint density at radius 3 is 2.22 bits per heavy atom. The van der Waals surface area contributed by atoms with E-state index < -0.39 is 0 Å². The van der Waals surface area contributed by atoms with Crippen LogP contribution >= 0.6 is 0 Å². The summed E-state index contributed by atoms with van der Waals surface area (Å²) in [4.78, 5) is 0. The summed E-state index contributed by atoms with van der Waals surface area (Å²) in [6, 6.07) is 0. The molecule has 9 heavy (non-hydrogen) atoms. The van der Waals surface area contributed by atoms with Crippen LogP contribution in [0.4, 0.5) is 0 Å². The van der Waals surface area contributed by atoms with Crippen molar-refractivity contribution in [3.05, 3.63) is 12.7 Å². The molecule has 0 radical (unpaired) electrons. The van der Waals surface area contributed by atoms with E-state index in [9.17, 15) is 0 Å². The number of aliphatic hydroxyl groups excluding tert-OH is 2. The van der Waals surface area contributed by atoms with Gasteiger partial charge >= 0.3 is 0 Å². The van der Waals surface area contributed by atoms with Crippen LogP contribution in [-0.2, 0) is 0 Å². The van der Waals surface area contributed by atoms with E-state index in [-0.39, 0.29) is 18.1 Å². The molecule has 0 saturated heterocycles. The largest absolute Gasteiger partial charge is 0.393 e. The fourth-order valence-corrected chi connectivity index (χ4v) is 1.27. The summed E-state index contributed by atoms with van der Waals surface area (Å²) >= 11 is 0. The molecule has 0 aromatic heterocycles. The molecule has 0 amide bonds. The van der Waals surface area contributed by atoms with Gasteiger partial charge in [0.25, 0.3) is 0 Å². The van der Waals surface area contributed by atoms with Gasteiger partial charge in [-0.2, -0.15) is 0 Å². The van der Waals surface area contributed by atoms with Crippen molar-refractivity contribution < 1.29 is 10.2 Å². The summed E-state index contributed by atoms with van der Waals surface area (Å²) in [6.07, 6.45) is 2.21. The SMILES string of the molecule is C=CC1CC(O)CC1O. The highest BCUT2D eigenvalue weighted by molar-refractivity contribution is 4.92. The first-order chi connectivity index (χ1) is 4.24. The predicted octanol–water partition coefficient (Wildman–Crippen LogP) is 0.304. The number of aliphatic hydroxyl groups is 2. The van der Waals surface area contributed by atoms with Crippen LogP contribution in [0.3, 0.4) is 0 Å². The summed E-state index contributed by atoms with van der Waals surface area (Å²) in [7, 11) is 0. The van der Waals surface area contributed by atoms with Gasteiger partial charge in [-0.25, -0.2) is 0 Å². The van der Waals surface area contributed by atoms with Crippen LogP contribution in [0.5, 0.6) is 0 Å². The van der Waals surface area contributed by atoms with Crippen molar-refractivity contribution >= 4 is 0 Å². The predicted molar refractivity (Wildman–Crippen MR) is 34.9 cm³/mol. The quantitative estimate of drug-likeness (QED) is 0.499. The maximum atomic E-state index is 9.13. The molecule has 3 atom stereocenters. The van der Waals surface area contributed by atoms with E-state index >= 15 is 0 Å². The van der Waals surface area contributed by atoms with Gasteiger partial charge in [-0.1, -0.05) is 6.08 Å². The smallest absolute Gasteiger partial charge is 0.0628 e. The topological polar surface area (TPSA) is 40.5 Å². The molecule has 0 spiro atoms. The van der Waals surface area contributed by atoms with Crippen LogP contribution in [0.25, 0.3) is 0 Å². The third-order valence-corrected chi connectivity index (χ3v) is 1.85. The molecule has 0 heterocycles. The Hall–Kier alpha value is -0.340. The molecule has 2 heteroatoms. The number of hydrogen-bond donors (Lipinski definition) is 2. The van der Waals surface area contributed by atoms with Crippen LogP contribution in [-0.4, -0.2) is 22.4 Å². The minimum absolute atomic E-state index is 0.111. The summed E-state index contributed by atoms with van der Waals surface area (Å²) in [5, 5.41) is 18.1. The minimum atomic E-state index is -0.363. The van der Waals surface area contributed by atoms with E-state index in [1.807, 2.05) is 0 Å². The van der Waals surface area contributed by atoms with Crippen LogP contribution < -0.4 is 0 Å². The molecule has 0 aromatic carbocycles. The summed E-state index contributed by atoms with van der Waals surface area (Å²) in [5.41, 5.74) is 0. The van der Waals surface area contributed by atoms with Gasteiger partial charge in [-0.15, -0.1) is 6.58 Å². The maximum absolute atomic E-state index is 9.13. The van der Waals surface area contributed by atoms with Crippen LogP contribution in [0, 0.1) is 5.92 Å². The highest BCUT2D eigenvalue weighted by atomic mass is 16.3. The zero-order chi connectivity index (χ0) is 6.85. The number of hydrogen-bond acceptors (Lipinski definition) is 2. The second kappa shape index (κ2) is 2.50. The summed E-state index contributed by atoms with van der Waals surface area (Å²) < 4.78 is 0. The average Bonchev–Trinajstić information content (AvgIpc) is 2.10. The Balaban J connectivity index is 2.47. The van der Waals surface area contributed by atoms with Crippen molar-refractivity contribution in [1.82, 2.24) is 0 Å². The van der Waals surface area contributed by atoms with E-state index in [0.717, 1.165) is 0 Å². The van der Waals surface area contributed by atoms with E-state index in [0.29, 0.717) is 12.8 Å². The fraction of sp³-hybridized carbons (Fsp3) is 0.714. The molecule has 3 unspecified atom stereocenters. The van der Waals surface area contributed by atoms with Crippen molar-refractivity contribution in [2.75, 3.05) is 0 Å². The molecular weight excluding hydrogens is 116 g/mol. The van der Waals surface area contributed by atoms with E-state index in [1.165, 1.54) is 0 Å². The van der Waals surface area contributed by atoms with E-state index in [2.05, 4.69) is 6.58 Å². The zero-order valence-electron chi connectivity index (χ0n) is 5.33. The van der Waals surface area contributed by atoms with Crippen LogP contribution in [0.1, 0.15) is 12.8 Å². The minimum Gasteiger partial charge on any atom is -0.393 e. The summed E-state index contributed by atoms with van der Waals surface area (Å²) in [5.74, 6) is 0.111. The molecule has 1 saturated carbocycles. The highest BCUT2D eigenvalue weighted by Gasteiger charge is 2.28. The third-order valence-electron chi connectivity index (χ3n) is 1.85. The molecule has 1 aliphatic carbocycles. The Morgan fingerprint density at radius 2 is 2.00 bits per heavy atom. The normalized spacial score (nSPS) is 43.1. The molecule has 52 valence electrons. The molecule has 1 rings (SSSR count). The molecule has 0 aromatic rings. The first-order valence-corrected chi connectivity index (χ1v) is 3.22. The molecule has 0 bridgehead atoms. The fourth-order valence-electron chi connectivity index (χ4n) is 1.27. The monoisotopic (exact) mass is 128 g/mol. The standard InChI is InChI=1S/C7H12O2/c1-2-5-3-6(8)4-7(5)9/h2,5-9H,1,3-4H2.